The molecule has 132 valence electrons. The van der Waals surface area contributed by atoms with Gasteiger partial charge in [-0.05, 0) is 56.1 Å². The average Bonchev–Trinajstić information content (AvgIpc) is 2.68. The lowest BCUT2D eigenvalue weighted by Gasteiger charge is -2.51. The van der Waals surface area contributed by atoms with Crippen LogP contribution in [0.5, 0.6) is 0 Å². The minimum Gasteiger partial charge on any atom is -0.390 e. The van der Waals surface area contributed by atoms with Gasteiger partial charge in [0.1, 0.15) is 5.78 Å². The molecule has 0 bridgehead atoms. The Morgan fingerprint density at radius 2 is 1.78 bits per heavy atom. The third-order valence-electron chi connectivity index (χ3n) is 6.50. The van der Waals surface area contributed by atoms with E-state index in [2.05, 4.69) is 6.26 Å². The second-order valence-corrected chi connectivity index (χ2v) is 10.2. The molecule has 6 atom stereocenters. The van der Waals surface area contributed by atoms with Crippen molar-refractivity contribution in [3.8, 4) is 0 Å². The molecule has 5 heteroatoms. The maximum absolute atomic E-state index is 12.5. The number of Topliss-reactive ketones (excluding diaryl/α,β-unsaturated/α-hetero) is 1. The Kier molecular flexibility index (Phi) is 5.72. The first kappa shape index (κ1) is 18.1. The van der Waals surface area contributed by atoms with E-state index in [-0.39, 0.29) is 16.4 Å². The molecule has 0 aromatic heterocycles. The number of hydrogen-bond acceptors (Lipinski definition) is 5. The van der Waals surface area contributed by atoms with E-state index in [1.165, 1.54) is 38.5 Å². The fourth-order valence-electron chi connectivity index (χ4n) is 5.50. The standard InChI is InChI=1S/C18H30O3S2/c1-11(19)16-18(12-7-5-3-4-6-8-12)10-15(21)14(20)9-13(18)17(22-2)23-16/h12-17,20-21H,3-10H2,1-2H3. The number of aliphatic hydroxyl groups is 2. The summed E-state index contributed by atoms with van der Waals surface area (Å²) in [7, 11) is 0. The van der Waals surface area contributed by atoms with Crippen LogP contribution in [-0.2, 0) is 4.79 Å². The van der Waals surface area contributed by atoms with Gasteiger partial charge >= 0.3 is 0 Å². The molecule has 3 rings (SSSR count). The van der Waals surface area contributed by atoms with Crippen molar-refractivity contribution >= 4 is 29.3 Å². The molecule has 2 saturated carbocycles. The molecule has 3 aliphatic rings. The second kappa shape index (κ2) is 7.27. The van der Waals surface area contributed by atoms with Crippen LogP contribution in [0.4, 0.5) is 0 Å². The summed E-state index contributed by atoms with van der Waals surface area (Å²) in [5, 5.41) is 20.7. The van der Waals surface area contributed by atoms with Crippen molar-refractivity contribution in [2.45, 2.75) is 80.3 Å². The van der Waals surface area contributed by atoms with Gasteiger partial charge in [0.05, 0.1) is 22.0 Å². The van der Waals surface area contributed by atoms with Crippen LogP contribution in [0, 0.1) is 17.3 Å². The van der Waals surface area contributed by atoms with Gasteiger partial charge in [-0.25, -0.2) is 0 Å². The van der Waals surface area contributed by atoms with Crippen molar-refractivity contribution in [1.82, 2.24) is 0 Å². The molecule has 1 heterocycles. The average molecular weight is 359 g/mol. The van der Waals surface area contributed by atoms with Crippen LogP contribution in [0.25, 0.3) is 0 Å². The minimum absolute atomic E-state index is 0.00444. The number of aliphatic hydroxyl groups excluding tert-OH is 2. The van der Waals surface area contributed by atoms with Crippen molar-refractivity contribution < 1.29 is 15.0 Å². The largest absolute Gasteiger partial charge is 0.390 e. The monoisotopic (exact) mass is 358 g/mol. The third kappa shape index (κ3) is 3.11. The van der Waals surface area contributed by atoms with Gasteiger partial charge in [0.2, 0.25) is 0 Å². The number of fused-ring (bicyclic) bond motifs is 1. The highest BCUT2D eigenvalue weighted by molar-refractivity contribution is 8.17. The molecule has 0 aromatic rings. The van der Waals surface area contributed by atoms with Crippen molar-refractivity contribution in [2.24, 2.45) is 17.3 Å². The number of carbonyl (C=O) groups excluding carboxylic acids is 1. The van der Waals surface area contributed by atoms with E-state index >= 15 is 0 Å². The summed E-state index contributed by atoms with van der Waals surface area (Å²) < 4.78 is 0.370. The van der Waals surface area contributed by atoms with Gasteiger partial charge in [0, 0.05) is 0 Å². The van der Waals surface area contributed by atoms with Crippen LogP contribution in [0.1, 0.15) is 58.3 Å². The summed E-state index contributed by atoms with van der Waals surface area (Å²) in [5.41, 5.74) is -0.104. The summed E-state index contributed by atoms with van der Waals surface area (Å²) in [4.78, 5) is 12.5. The molecule has 0 radical (unpaired) electrons. The highest BCUT2D eigenvalue weighted by Gasteiger charge is 2.63. The minimum atomic E-state index is -0.669. The molecule has 0 spiro atoms. The zero-order chi connectivity index (χ0) is 16.6. The molecule has 2 N–H and O–H groups in total. The Morgan fingerprint density at radius 1 is 1.13 bits per heavy atom. The Bertz CT molecular complexity index is 436. The quantitative estimate of drug-likeness (QED) is 0.757. The third-order valence-corrected chi connectivity index (χ3v) is 9.84. The van der Waals surface area contributed by atoms with E-state index in [1.54, 1.807) is 6.92 Å². The Morgan fingerprint density at radius 3 is 2.35 bits per heavy atom. The molecule has 0 amide bonds. The van der Waals surface area contributed by atoms with E-state index < -0.39 is 12.2 Å². The van der Waals surface area contributed by atoms with Gasteiger partial charge in [-0.15, -0.1) is 11.8 Å². The van der Waals surface area contributed by atoms with E-state index in [1.807, 2.05) is 23.5 Å². The van der Waals surface area contributed by atoms with Gasteiger partial charge in [-0.2, -0.15) is 11.8 Å². The Hall–Kier alpha value is 0.290. The first-order valence-electron chi connectivity index (χ1n) is 9.05. The molecule has 23 heavy (non-hydrogen) atoms. The summed E-state index contributed by atoms with van der Waals surface area (Å²) in [6.45, 7) is 1.73. The molecule has 2 aliphatic carbocycles. The highest BCUT2D eigenvalue weighted by Crippen LogP contribution is 2.65. The number of thioether (sulfide) groups is 2. The number of carbonyl (C=O) groups is 1. The fraction of sp³-hybridized carbons (Fsp3) is 0.944. The van der Waals surface area contributed by atoms with Gasteiger partial charge in [0.25, 0.3) is 0 Å². The van der Waals surface area contributed by atoms with E-state index in [4.69, 9.17) is 0 Å². The summed E-state index contributed by atoms with van der Waals surface area (Å²) >= 11 is 3.65. The van der Waals surface area contributed by atoms with Crippen LogP contribution < -0.4 is 0 Å². The lowest BCUT2D eigenvalue weighted by Crippen LogP contribution is -2.54. The SMILES string of the molecule is CSC1SC(C(C)=O)C2(C3CCCCCC3)CC(O)C(O)CC12. The molecule has 6 unspecified atom stereocenters. The number of hydrogen-bond donors (Lipinski definition) is 2. The van der Waals surface area contributed by atoms with Crippen LogP contribution in [0.2, 0.25) is 0 Å². The Labute approximate surface area is 148 Å². The van der Waals surface area contributed by atoms with E-state index in [0.29, 0.717) is 29.3 Å². The Balaban J connectivity index is 2.01. The molecular formula is C18H30O3S2. The lowest BCUT2D eigenvalue weighted by atomic mass is 9.55. The smallest absolute Gasteiger partial charge is 0.143 e. The summed E-state index contributed by atoms with van der Waals surface area (Å²) in [6.07, 6.45) is 9.55. The van der Waals surface area contributed by atoms with Crippen LogP contribution in [0.3, 0.4) is 0 Å². The van der Waals surface area contributed by atoms with Crippen molar-refractivity contribution in [3.05, 3.63) is 0 Å². The van der Waals surface area contributed by atoms with Gasteiger partial charge in [-0.1, -0.05) is 25.7 Å². The summed E-state index contributed by atoms with van der Waals surface area (Å²) in [5.74, 6) is 1.14. The fourth-order valence-corrected chi connectivity index (χ4v) is 8.70. The molecule has 3 nitrogen and oxygen atoms in total. The van der Waals surface area contributed by atoms with Gasteiger partial charge in [0.15, 0.2) is 0 Å². The highest BCUT2D eigenvalue weighted by atomic mass is 32.2. The first-order valence-corrected chi connectivity index (χ1v) is 11.3. The number of ketones is 1. The van der Waals surface area contributed by atoms with Crippen molar-refractivity contribution in [1.29, 1.82) is 0 Å². The molecule has 1 saturated heterocycles. The predicted octanol–water partition coefficient (Wildman–Crippen LogP) is 3.47. The molecule has 0 aromatic carbocycles. The number of rotatable bonds is 3. The lowest BCUT2D eigenvalue weighted by molar-refractivity contribution is -0.129. The topological polar surface area (TPSA) is 57.5 Å². The molecular weight excluding hydrogens is 328 g/mol. The maximum atomic E-state index is 12.5. The van der Waals surface area contributed by atoms with Gasteiger partial charge < -0.3 is 10.2 Å². The van der Waals surface area contributed by atoms with Crippen LogP contribution in [-0.4, -0.2) is 44.3 Å². The first-order chi connectivity index (χ1) is 11.0. The van der Waals surface area contributed by atoms with Gasteiger partial charge in [-0.3, -0.25) is 4.79 Å². The normalized spacial score (nSPS) is 45.5. The maximum Gasteiger partial charge on any atom is 0.143 e. The second-order valence-electron chi connectivity index (χ2n) is 7.71. The molecule has 3 fully saturated rings. The van der Waals surface area contributed by atoms with Crippen molar-refractivity contribution in [3.63, 3.8) is 0 Å². The zero-order valence-corrected chi connectivity index (χ0v) is 15.9. The zero-order valence-electron chi connectivity index (χ0n) is 14.2. The summed E-state index contributed by atoms with van der Waals surface area (Å²) in [6, 6.07) is 0. The van der Waals surface area contributed by atoms with Crippen LogP contribution in [0.15, 0.2) is 0 Å². The van der Waals surface area contributed by atoms with Crippen molar-refractivity contribution in [2.75, 3.05) is 6.26 Å². The molecule has 1 aliphatic heterocycles. The van der Waals surface area contributed by atoms with E-state index in [9.17, 15) is 15.0 Å². The van der Waals surface area contributed by atoms with Crippen LogP contribution >= 0.6 is 23.5 Å². The van der Waals surface area contributed by atoms with E-state index in [0.717, 1.165) is 0 Å². The predicted molar refractivity (Wildman–Crippen MR) is 97.7 cm³/mol.